The summed E-state index contributed by atoms with van der Waals surface area (Å²) in [6.45, 7) is -0.0679. The van der Waals surface area contributed by atoms with E-state index >= 15 is 0 Å². The third kappa shape index (κ3) is 2.54. The van der Waals surface area contributed by atoms with E-state index in [0.717, 1.165) is 36.5 Å². The maximum Gasteiger partial charge on any atom is 0.155 e. The first-order chi connectivity index (χ1) is 11.1. The van der Waals surface area contributed by atoms with Gasteiger partial charge in [0.15, 0.2) is 10.0 Å². The minimum Gasteiger partial charge on any atom is -0.390 e. The fourth-order valence-electron chi connectivity index (χ4n) is 2.18. The number of rotatable bonds is 3. The van der Waals surface area contributed by atoms with Gasteiger partial charge in [0.05, 0.1) is 12.3 Å². The van der Waals surface area contributed by atoms with Crippen molar-refractivity contribution in [3.05, 3.63) is 30.0 Å². The molecule has 0 bridgehead atoms. The Balaban J connectivity index is 1.81. The first-order valence-electron chi connectivity index (χ1n) is 6.96. The van der Waals surface area contributed by atoms with Gasteiger partial charge in [0.1, 0.15) is 26.5 Å². The molecule has 0 aromatic carbocycles. The second-order valence-electron chi connectivity index (χ2n) is 5.21. The molecule has 8 heteroatoms. The molecule has 4 rings (SSSR count). The highest BCUT2D eigenvalue weighted by Gasteiger charge is 2.14. The maximum atomic E-state index is 9.19. The van der Waals surface area contributed by atoms with Gasteiger partial charge in [-0.3, -0.25) is 0 Å². The van der Waals surface area contributed by atoms with E-state index in [0.29, 0.717) is 5.69 Å². The minimum absolute atomic E-state index is 0.0679. The first-order valence-corrected chi connectivity index (χ1v) is 8.60. The summed E-state index contributed by atoms with van der Waals surface area (Å²) in [5.74, 6) is 0.909. The molecule has 116 valence electrons. The number of aromatic nitrogens is 4. The van der Waals surface area contributed by atoms with E-state index in [1.165, 1.54) is 22.7 Å². The lowest BCUT2D eigenvalue weighted by Gasteiger charge is -2.09. The van der Waals surface area contributed by atoms with Crippen LogP contribution in [0.25, 0.3) is 30.7 Å². The molecule has 0 atom stereocenters. The Morgan fingerprint density at radius 3 is 2.09 bits per heavy atom. The summed E-state index contributed by atoms with van der Waals surface area (Å²) >= 11 is 3.01. The van der Waals surface area contributed by atoms with Crippen molar-refractivity contribution >= 4 is 49.2 Å². The lowest BCUT2D eigenvalue weighted by atomic mass is 10.3. The molecule has 0 saturated heterocycles. The zero-order valence-electron chi connectivity index (χ0n) is 12.5. The number of anilines is 1. The first kappa shape index (κ1) is 14.4. The second-order valence-corrected chi connectivity index (χ2v) is 7.17. The number of aliphatic hydroxyl groups is 1. The molecule has 4 aromatic rings. The number of fused-ring (bicyclic) bond motifs is 2. The second kappa shape index (κ2) is 5.48. The van der Waals surface area contributed by atoms with Gasteiger partial charge in [-0.25, -0.2) is 19.9 Å². The van der Waals surface area contributed by atoms with Crippen molar-refractivity contribution in [1.82, 2.24) is 19.9 Å². The van der Waals surface area contributed by atoms with Gasteiger partial charge in [-0.2, -0.15) is 0 Å². The molecule has 0 aliphatic heterocycles. The van der Waals surface area contributed by atoms with Crippen LogP contribution in [-0.2, 0) is 6.61 Å². The third-order valence-electron chi connectivity index (χ3n) is 3.36. The molecule has 0 amide bonds. The van der Waals surface area contributed by atoms with Crippen LogP contribution in [0, 0.1) is 0 Å². The number of nitrogens with zero attached hydrogens (tertiary/aromatic N) is 5. The Labute approximate surface area is 140 Å². The smallest absolute Gasteiger partial charge is 0.155 e. The zero-order chi connectivity index (χ0) is 16.0. The highest BCUT2D eigenvalue weighted by atomic mass is 32.1. The third-order valence-corrected chi connectivity index (χ3v) is 5.43. The van der Waals surface area contributed by atoms with Gasteiger partial charge in [-0.05, 0) is 24.3 Å². The molecule has 0 aliphatic carbocycles. The van der Waals surface area contributed by atoms with E-state index in [1.54, 1.807) is 6.07 Å². The molecule has 4 heterocycles. The normalized spacial score (nSPS) is 11.4. The van der Waals surface area contributed by atoms with Crippen LogP contribution in [0.1, 0.15) is 5.69 Å². The van der Waals surface area contributed by atoms with Gasteiger partial charge in [0.2, 0.25) is 0 Å². The summed E-state index contributed by atoms with van der Waals surface area (Å²) in [5.41, 5.74) is 2.34. The van der Waals surface area contributed by atoms with Crippen LogP contribution in [-0.4, -0.2) is 39.1 Å². The average molecular weight is 343 g/mol. The molecular formula is C15H13N5OS2. The minimum atomic E-state index is -0.0679. The molecular weight excluding hydrogens is 330 g/mol. The predicted octanol–water partition coefficient (Wildman–Crippen LogP) is 2.92. The van der Waals surface area contributed by atoms with Gasteiger partial charge >= 0.3 is 0 Å². The van der Waals surface area contributed by atoms with E-state index in [1.807, 2.05) is 37.2 Å². The average Bonchev–Trinajstić information content (AvgIpc) is 3.16. The molecule has 0 aliphatic rings. The molecule has 4 aromatic heterocycles. The van der Waals surface area contributed by atoms with Crippen molar-refractivity contribution in [3.8, 4) is 10.0 Å². The fourth-order valence-corrected chi connectivity index (χ4v) is 4.09. The van der Waals surface area contributed by atoms with Crippen LogP contribution in [0.15, 0.2) is 24.3 Å². The molecule has 23 heavy (non-hydrogen) atoms. The number of hydrogen-bond acceptors (Lipinski definition) is 8. The Morgan fingerprint density at radius 2 is 1.48 bits per heavy atom. The molecule has 0 saturated carbocycles. The van der Waals surface area contributed by atoms with Crippen molar-refractivity contribution < 1.29 is 5.11 Å². The summed E-state index contributed by atoms with van der Waals surface area (Å²) in [5, 5.41) is 10.9. The van der Waals surface area contributed by atoms with Crippen LogP contribution >= 0.6 is 22.7 Å². The number of thiazole rings is 2. The van der Waals surface area contributed by atoms with Gasteiger partial charge in [-0.1, -0.05) is 22.7 Å². The van der Waals surface area contributed by atoms with Crippen molar-refractivity contribution in [2.45, 2.75) is 6.61 Å². The zero-order valence-corrected chi connectivity index (χ0v) is 14.1. The summed E-state index contributed by atoms with van der Waals surface area (Å²) in [4.78, 5) is 21.9. The van der Waals surface area contributed by atoms with E-state index in [4.69, 9.17) is 0 Å². The molecule has 0 radical (unpaired) electrons. The molecule has 0 fully saturated rings. The van der Waals surface area contributed by atoms with Crippen LogP contribution < -0.4 is 4.90 Å². The van der Waals surface area contributed by atoms with Crippen molar-refractivity contribution in [2.24, 2.45) is 0 Å². The summed E-state index contributed by atoms with van der Waals surface area (Å²) in [7, 11) is 3.93. The van der Waals surface area contributed by atoms with Crippen molar-refractivity contribution in [2.75, 3.05) is 19.0 Å². The van der Waals surface area contributed by atoms with E-state index in [9.17, 15) is 5.11 Å². The highest BCUT2D eigenvalue weighted by Crippen LogP contribution is 2.34. The summed E-state index contributed by atoms with van der Waals surface area (Å²) in [6.07, 6.45) is 0. The lowest BCUT2D eigenvalue weighted by Crippen LogP contribution is -2.09. The van der Waals surface area contributed by atoms with Gasteiger partial charge in [0, 0.05) is 14.1 Å². The van der Waals surface area contributed by atoms with Gasteiger partial charge < -0.3 is 10.0 Å². The lowest BCUT2D eigenvalue weighted by molar-refractivity contribution is 0.277. The van der Waals surface area contributed by atoms with Crippen molar-refractivity contribution in [1.29, 1.82) is 0 Å². The molecule has 6 nitrogen and oxygen atoms in total. The largest absolute Gasteiger partial charge is 0.390 e. The standard InChI is InChI=1S/C15H13N5OS2/c1-20(2)11-6-5-10-13(19-11)23-15(18-10)14-17-9-4-3-8(7-21)16-12(9)22-14/h3-6,21H,7H2,1-2H3. The summed E-state index contributed by atoms with van der Waals surface area (Å²) in [6, 6.07) is 7.60. The topological polar surface area (TPSA) is 75.0 Å². The Hall–Kier alpha value is -2.16. The Morgan fingerprint density at radius 1 is 0.870 bits per heavy atom. The Kier molecular flexibility index (Phi) is 3.44. The predicted molar refractivity (Wildman–Crippen MR) is 94.1 cm³/mol. The van der Waals surface area contributed by atoms with Crippen LogP contribution in [0.2, 0.25) is 0 Å². The quantitative estimate of drug-likeness (QED) is 0.616. The van der Waals surface area contributed by atoms with Crippen LogP contribution in [0.5, 0.6) is 0 Å². The molecule has 1 N–H and O–H groups in total. The highest BCUT2D eigenvalue weighted by molar-refractivity contribution is 7.27. The van der Waals surface area contributed by atoms with E-state index < -0.39 is 0 Å². The van der Waals surface area contributed by atoms with Crippen LogP contribution in [0.3, 0.4) is 0 Å². The van der Waals surface area contributed by atoms with Crippen molar-refractivity contribution in [3.63, 3.8) is 0 Å². The number of aliphatic hydroxyl groups excluding tert-OH is 1. The fraction of sp³-hybridized carbons (Fsp3) is 0.200. The molecule has 0 spiro atoms. The maximum absolute atomic E-state index is 9.19. The monoisotopic (exact) mass is 343 g/mol. The number of pyridine rings is 2. The van der Waals surface area contributed by atoms with E-state index in [-0.39, 0.29) is 6.61 Å². The van der Waals surface area contributed by atoms with Crippen LogP contribution in [0.4, 0.5) is 5.82 Å². The summed E-state index contributed by atoms with van der Waals surface area (Å²) < 4.78 is 0. The van der Waals surface area contributed by atoms with Gasteiger partial charge in [0.25, 0.3) is 0 Å². The number of hydrogen-bond donors (Lipinski definition) is 1. The molecule has 0 unspecified atom stereocenters. The van der Waals surface area contributed by atoms with Gasteiger partial charge in [-0.15, -0.1) is 0 Å². The Bertz CT molecular complexity index is 1010. The SMILES string of the molecule is CN(C)c1ccc2nc(-c3nc4ccc(CO)nc4s3)sc2n1. The van der Waals surface area contributed by atoms with E-state index in [2.05, 4.69) is 19.9 Å².